The van der Waals surface area contributed by atoms with E-state index in [1.54, 1.807) is 6.07 Å². The Bertz CT molecular complexity index is 414. The Morgan fingerprint density at radius 2 is 2.25 bits per heavy atom. The van der Waals surface area contributed by atoms with Crippen molar-refractivity contribution in [2.75, 3.05) is 12.3 Å². The first-order valence-electron chi connectivity index (χ1n) is 5.72. The molecule has 0 radical (unpaired) electrons. The van der Waals surface area contributed by atoms with Crippen molar-refractivity contribution in [3.05, 3.63) is 29.3 Å². The summed E-state index contributed by atoms with van der Waals surface area (Å²) in [5.74, 6) is 1.37. The summed E-state index contributed by atoms with van der Waals surface area (Å²) in [7, 11) is 0. The van der Waals surface area contributed by atoms with Crippen molar-refractivity contribution in [1.29, 1.82) is 0 Å². The topological polar surface area (TPSA) is 55.1 Å². The molecular weight excluding hydrogens is 200 g/mol. The maximum Gasteiger partial charge on any atom is 0.253 e. The molecule has 2 rings (SSSR count). The van der Waals surface area contributed by atoms with Crippen LogP contribution in [0.5, 0.6) is 0 Å². The van der Waals surface area contributed by atoms with Gasteiger partial charge in [0.15, 0.2) is 0 Å². The van der Waals surface area contributed by atoms with Gasteiger partial charge in [-0.05, 0) is 37.3 Å². The molecule has 1 aromatic carbocycles. The van der Waals surface area contributed by atoms with Crippen molar-refractivity contribution in [1.82, 2.24) is 5.32 Å². The van der Waals surface area contributed by atoms with Crippen molar-refractivity contribution < 1.29 is 4.79 Å². The van der Waals surface area contributed by atoms with Gasteiger partial charge in [-0.15, -0.1) is 0 Å². The molecule has 0 bridgehead atoms. The SMILES string of the molecule is Cc1ccc(N)c(C(=O)NCC2CC2C)c1. The van der Waals surface area contributed by atoms with Crippen LogP contribution in [-0.4, -0.2) is 12.5 Å². The molecule has 0 heterocycles. The maximum atomic E-state index is 11.9. The molecule has 0 aromatic heterocycles. The molecule has 1 fully saturated rings. The van der Waals surface area contributed by atoms with Crippen LogP contribution in [-0.2, 0) is 0 Å². The number of nitrogen functional groups attached to an aromatic ring is 1. The number of rotatable bonds is 3. The summed E-state index contributed by atoms with van der Waals surface area (Å²) in [6.45, 7) is 4.93. The summed E-state index contributed by atoms with van der Waals surface area (Å²) in [5, 5.41) is 2.94. The molecule has 0 aliphatic heterocycles. The lowest BCUT2D eigenvalue weighted by molar-refractivity contribution is 0.0952. The summed E-state index contributed by atoms with van der Waals surface area (Å²) in [6, 6.07) is 5.53. The molecule has 2 unspecified atom stereocenters. The Labute approximate surface area is 96.0 Å². The van der Waals surface area contributed by atoms with Crippen LogP contribution in [0.2, 0.25) is 0 Å². The van der Waals surface area contributed by atoms with Crippen LogP contribution in [0, 0.1) is 18.8 Å². The molecule has 3 nitrogen and oxygen atoms in total. The van der Waals surface area contributed by atoms with E-state index < -0.39 is 0 Å². The van der Waals surface area contributed by atoms with Gasteiger partial charge in [-0.3, -0.25) is 4.79 Å². The van der Waals surface area contributed by atoms with E-state index in [0.29, 0.717) is 17.2 Å². The quantitative estimate of drug-likeness (QED) is 0.762. The third-order valence-corrected chi connectivity index (χ3v) is 3.25. The highest BCUT2D eigenvalue weighted by molar-refractivity contribution is 5.99. The van der Waals surface area contributed by atoms with Crippen molar-refractivity contribution in [3.8, 4) is 0 Å². The number of carbonyl (C=O) groups excluding carboxylic acids is 1. The predicted octanol–water partition coefficient (Wildman–Crippen LogP) is 1.96. The molecule has 2 atom stereocenters. The normalized spacial score (nSPS) is 22.9. The Balaban J connectivity index is 1.99. The molecule has 3 heteroatoms. The molecule has 0 spiro atoms. The summed E-state index contributed by atoms with van der Waals surface area (Å²) in [5.41, 5.74) is 7.97. The minimum Gasteiger partial charge on any atom is -0.398 e. The smallest absolute Gasteiger partial charge is 0.253 e. The van der Waals surface area contributed by atoms with Crippen molar-refractivity contribution in [2.24, 2.45) is 11.8 Å². The fourth-order valence-electron chi connectivity index (χ4n) is 1.87. The molecule has 86 valence electrons. The summed E-state index contributed by atoms with van der Waals surface area (Å²) in [4.78, 5) is 11.9. The van der Waals surface area contributed by atoms with Gasteiger partial charge in [0.2, 0.25) is 0 Å². The van der Waals surface area contributed by atoms with Crippen LogP contribution in [0.15, 0.2) is 18.2 Å². The summed E-state index contributed by atoms with van der Waals surface area (Å²) >= 11 is 0. The molecule has 1 amide bonds. The Morgan fingerprint density at radius 3 is 2.88 bits per heavy atom. The Morgan fingerprint density at radius 1 is 1.56 bits per heavy atom. The van der Waals surface area contributed by atoms with E-state index in [-0.39, 0.29) is 5.91 Å². The second kappa shape index (κ2) is 4.16. The van der Waals surface area contributed by atoms with Crippen LogP contribution in [0.25, 0.3) is 0 Å². The van der Waals surface area contributed by atoms with Gasteiger partial charge in [0.05, 0.1) is 5.56 Å². The molecule has 0 saturated heterocycles. The van der Waals surface area contributed by atoms with Crippen LogP contribution < -0.4 is 11.1 Å². The van der Waals surface area contributed by atoms with Crippen LogP contribution in [0.1, 0.15) is 29.3 Å². The lowest BCUT2D eigenvalue weighted by Gasteiger charge is -2.07. The van der Waals surface area contributed by atoms with E-state index in [1.165, 1.54) is 6.42 Å². The van der Waals surface area contributed by atoms with E-state index >= 15 is 0 Å². The number of anilines is 1. The van der Waals surface area contributed by atoms with E-state index in [4.69, 9.17) is 5.73 Å². The predicted molar refractivity (Wildman–Crippen MR) is 65.2 cm³/mol. The lowest BCUT2D eigenvalue weighted by atomic mass is 10.1. The van der Waals surface area contributed by atoms with Gasteiger partial charge >= 0.3 is 0 Å². The first-order valence-corrected chi connectivity index (χ1v) is 5.72. The van der Waals surface area contributed by atoms with Gasteiger partial charge in [0, 0.05) is 12.2 Å². The van der Waals surface area contributed by atoms with Gasteiger partial charge in [-0.1, -0.05) is 18.6 Å². The second-order valence-electron chi connectivity index (χ2n) is 4.77. The Kier molecular flexibility index (Phi) is 2.86. The fraction of sp³-hybridized carbons (Fsp3) is 0.462. The third kappa shape index (κ3) is 2.35. The molecule has 1 aliphatic rings. The minimum absolute atomic E-state index is 0.0553. The Hall–Kier alpha value is -1.51. The molecular formula is C13H18N2O. The van der Waals surface area contributed by atoms with Gasteiger partial charge in [0.1, 0.15) is 0 Å². The number of hydrogen-bond acceptors (Lipinski definition) is 2. The highest BCUT2D eigenvalue weighted by atomic mass is 16.1. The first kappa shape index (κ1) is 11.0. The van der Waals surface area contributed by atoms with Crippen LogP contribution in [0.3, 0.4) is 0 Å². The maximum absolute atomic E-state index is 11.9. The monoisotopic (exact) mass is 218 g/mol. The van der Waals surface area contributed by atoms with E-state index in [1.807, 2.05) is 19.1 Å². The largest absolute Gasteiger partial charge is 0.398 e. The van der Waals surface area contributed by atoms with Crippen molar-refractivity contribution >= 4 is 11.6 Å². The summed E-state index contributed by atoms with van der Waals surface area (Å²) in [6.07, 6.45) is 1.23. The zero-order valence-electron chi connectivity index (χ0n) is 9.79. The van der Waals surface area contributed by atoms with E-state index in [9.17, 15) is 4.79 Å². The highest BCUT2D eigenvalue weighted by Crippen LogP contribution is 2.36. The fourth-order valence-corrected chi connectivity index (χ4v) is 1.87. The zero-order chi connectivity index (χ0) is 11.7. The minimum atomic E-state index is -0.0553. The van der Waals surface area contributed by atoms with Gasteiger partial charge in [-0.2, -0.15) is 0 Å². The molecule has 16 heavy (non-hydrogen) atoms. The van der Waals surface area contributed by atoms with E-state index in [2.05, 4.69) is 12.2 Å². The number of amides is 1. The summed E-state index contributed by atoms with van der Waals surface area (Å²) < 4.78 is 0. The average molecular weight is 218 g/mol. The van der Waals surface area contributed by atoms with Gasteiger partial charge in [0.25, 0.3) is 5.91 Å². The molecule has 1 saturated carbocycles. The molecule has 3 N–H and O–H groups in total. The van der Waals surface area contributed by atoms with E-state index in [0.717, 1.165) is 18.0 Å². The van der Waals surface area contributed by atoms with Gasteiger partial charge < -0.3 is 11.1 Å². The number of benzene rings is 1. The number of nitrogens with two attached hydrogens (primary N) is 1. The van der Waals surface area contributed by atoms with Crippen LogP contribution in [0.4, 0.5) is 5.69 Å². The van der Waals surface area contributed by atoms with Crippen molar-refractivity contribution in [2.45, 2.75) is 20.3 Å². The number of nitrogens with one attached hydrogen (secondary N) is 1. The van der Waals surface area contributed by atoms with Crippen molar-refractivity contribution in [3.63, 3.8) is 0 Å². The third-order valence-electron chi connectivity index (χ3n) is 3.25. The average Bonchev–Trinajstić information content (AvgIpc) is 2.95. The standard InChI is InChI=1S/C13H18N2O/c1-8-3-4-12(14)11(5-8)13(16)15-7-10-6-9(10)2/h3-5,9-10H,6-7,14H2,1-2H3,(H,15,16). The second-order valence-corrected chi connectivity index (χ2v) is 4.77. The van der Waals surface area contributed by atoms with Gasteiger partial charge in [-0.25, -0.2) is 0 Å². The number of hydrogen-bond donors (Lipinski definition) is 2. The first-order chi connectivity index (χ1) is 7.58. The highest BCUT2D eigenvalue weighted by Gasteiger charge is 2.32. The number of aryl methyl sites for hydroxylation is 1. The molecule has 1 aliphatic carbocycles. The molecule has 1 aromatic rings. The number of carbonyl (C=O) groups is 1. The van der Waals surface area contributed by atoms with Crippen LogP contribution >= 0.6 is 0 Å². The zero-order valence-corrected chi connectivity index (χ0v) is 9.79. The lowest BCUT2D eigenvalue weighted by Crippen LogP contribution is -2.26.